The first-order valence-electron chi connectivity index (χ1n) is 5.99. The molecule has 0 aliphatic heterocycles. The molecule has 0 bridgehead atoms. The van der Waals surface area contributed by atoms with Gasteiger partial charge in [0.25, 0.3) is 6.43 Å². The van der Waals surface area contributed by atoms with Gasteiger partial charge in [-0.3, -0.25) is 10.1 Å². The monoisotopic (exact) mass is 375 g/mol. The topological polar surface area (TPSA) is 52.4 Å². The maximum absolute atomic E-state index is 14.1. The third-order valence-electron chi connectivity index (χ3n) is 2.83. The van der Waals surface area contributed by atoms with Crippen LogP contribution in [-0.2, 0) is 0 Å². The standard InChI is InChI=1S/C14H9BrF3NO3/c1-7-2-3-11(19(20)21)13(12(7)16)22-10-5-8(14(17)18)4-9(15)6-10/h2-6,14H,1H3. The van der Waals surface area contributed by atoms with Crippen LogP contribution in [0.4, 0.5) is 18.9 Å². The van der Waals surface area contributed by atoms with Crippen molar-refractivity contribution in [3.63, 3.8) is 0 Å². The minimum absolute atomic E-state index is 0.128. The van der Waals surface area contributed by atoms with Crippen LogP contribution in [0.5, 0.6) is 11.5 Å². The number of nitrogens with zero attached hydrogens (tertiary/aromatic N) is 1. The lowest BCUT2D eigenvalue weighted by atomic mass is 10.2. The highest BCUT2D eigenvalue weighted by molar-refractivity contribution is 9.10. The van der Waals surface area contributed by atoms with Crippen LogP contribution in [0.3, 0.4) is 0 Å². The molecule has 0 heterocycles. The number of halogens is 4. The Morgan fingerprint density at radius 2 is 1.95 bits per heavy atom. The highest BCUT2D eigenvalue weighted by Gasteiger charge is 2.23. The molecule has 0 saturated heterocycles. The molecule has 0 unspecified atom stereocenters. The lowest BCUT2D eigenvalue weighted by Crippen LogP contribution is -1.98. The van der Waals surface area contributed by atoms with E-state index < -0.39 is 28.6 Å². The van der Waals surface area contributed by atoms with Crippen LogP contribution in [-0.4, -0.2) is 4.92 Å². The molecule has 116 valence electrons. The summed E-state index contributed by atoms with van der Waals surface area (Å²) in [6, 6.07) is 5.84. The van der Waals surface area contributed by atoms with E-state index in [2.05, 4.69) is 15.9 Å². The summed E-state index contributed by atoms with van der Waals surface area (Å²) < 4.78 is 45.1. The zero-order valence-electron chi connectivity index (χ0n) is 11.1. The second-order valence-electron chi connectivity index (χ2n) is 4.42. The lowest BCUT2D eigenvalue weighted by Gasteiger charge is -2.10. The normalized spacial score (nSPS) is 10.8. The summed E-state index contributed by atoms with van der Waals surface area (Å²) >= 11 is 3.03. The fraction of sp³-hybridized carbons (Fsp3) is 0.143. The molecule has 0 spiro atoms. The predicted molar refractivity (Wildman–Crippen MR) is 77.0 cm³/mol. The highest BCUT2D eigenvalue weighted by atomic mass is 79.9. The number of aryl methyl sites for hydroxylation is 1. The van der Waals surface area contributed by atoms with Gasteiger partial charge in [-0.1, -0.05) is 15.9 Å². The summed E-state index contributed by atoms with van der Waals surface area (Å²) in [4.78, 5) is 10.1. The molecule has 0 N–H and O–H groups in total. The van der Waals surface area contributed by atoms with Crippen LogP contribution < -0.4 is 4.74 Å². The molecule has 0 atom stereocenters. The van der Waals surface area contributed by atoms with E-state index in [9.17, 15) is 23.3 Å². The van der Waals surface area contributed by atoms with Gasteiger partial charge in [0, 0.05) is 16.1 Å². The fourth-order valence-electron chi connectivity index (χ4n) is 1.77. The molecular formula is C14H9BrF3NO3. The van der Waals surface area contributed by atoms with Gasteiger partial charge in [-0.05, 0) is 36.8 Å². The first-order chi connectivity index (χ1) is 10.3. The largest absolute Gasteiger partial charge is 0.447 e. The number of nitro benzene ring substituents is 1. The summed E-state index contributed by atoms with van der Waals surface area (Å²) in [5.74, 6) is -1.65. The van der Waals surface area contributed by atoms with Crippen LogP contribution in [0.15, 0.2) is 34.8 Å². The second kappa shape index (κ2) is 6.35. The molecule has 8 heteroatoms. The Labute approximate surface area is 131 Å². The number of hydrogen-bond acceptors (Lipinski definition) is 3. The number of alkyl halides is 2. The van der Waals surface area contributed by atoms with Crippen LogP contribution in [0, 0.1) is 22.9 Å². The van der Waals surface area contributed by atoms with E-state index in [0.717, 1.165) is 12.1 Å². The summed E-state index contributed by atoms with van der Waals surface area (Å²) in [6.45, 7) is 1.41. The smallest absolute Gasteiger partial charge is 0.314 e. The van der Waals surface area contributed by atoms with Crippen molar-refractivity contribution in [1.82, 2.24) is 0 Å². The average Bonchev–Trinajstić information content (AvgIpc) is 2.43. The van der Waals surface area contributed by atoms with E-state index in [1.807, 2.05) is 0 Å². The van der Waals surface area contributed by atoms with E-state index in [4.69, 9.17) is 4.74 Å². The van der Waals surface area contributed by atoms with Gasteiger partial charge in [0.1, 0.15) is 5.75 Å². The van der Waals surface area contributed by atoms with Gasteiger partial charge >= 0.3 is 5.69 Å². The van der Waals surface area contributed by atoms with Crippen molar-refractivity contribution in [3.8, 4) is 11.5 Å². The third-order valence-corrected chi connectivity index (χ3v) is 3.29. The zero-order chi connectivity index (χ0) is 16.4. The fourth-order valence-corrected chi connectivity index (χ4v) is 2.26. The second-order valence-corrected chi connectivity index (χ2v) is 5.34. The SMILES string of the molecule is Cc1ccc([N+](=O)[O-])c(Oc2cc(Br)cc(C(F)F)c2)c1F. The molecule has 0 aliphatic carbocycles. The first-order valence-corrected chi connectivity index (χ1v) is 6.79. The Bertz CT molecular complexity index is 738. The van der Waals surface area contributed by atoms with Crippen LogP contribution in [0.1, 0.15) is 17.6 Å². The number of benzene rings is 2. The Hall–Kier alpha value is -2.09. The molecule has 2 aromatic carbocycles. The molecule has 0 radical (unpaired) electrons. The van der Waals surface area contributed by atoms with E-state index in [-0.39, 0.29) is 21.3 Å². The van der Waals surface area contributed by atoms with Crippen molar-refractivity contribution in [3.05, 3.63) is 61.9 Å². The van der Waals surface area contributed by atoms with E-state index in [1.165, 1.54) is 25.1 Å². The van der Waals surface area contributed by atoms with Gasteiger partial charge in [0.2, 0.25) is 5.75 Å². The highest BCUT2D eigenvalue weighted by Crippen LogP contribution is 2.37. The van der Waals surface area contributed by atoms with E-state index in [1.54, 1.807) is 0 Å². The molecule has 0 aliphatic rings. The van der Waals surface area contributed by atoms with Crippen molar-refractivity contribution < 1.29 is 22.8 Å². The van der Waals surface area contributed by atoms with Crippen molar-refractivity contribution in [2.75, 3.05) is 0 Å². The molecule has 4 nitrogen and oxygen atoms in total. The number of hydrogen-bond donors (Lipinski definition) is 0. The number of rotatable bonds is 4. The minimum Gasteiger partial charge on any atom is -0.447 e. The molecular weight excluding hydrogens is 367 g/mol. The maximum atomic E-state index is 14.1. The Kier molecular flexibility index (Phi) is 4.70. The summed E-state index contributed by atoms with van der Waals surface area (Å²) in [7, 11) is 0. The molecule has 22 heavy (non-hydrogen) atoms. The van der Waals surface area contributed by atoms with Crippen molar-refractivity contribution in [2.24, 2.45) is 0 Å². The summed E-state index contributed by atoms with van der Waals surface area (Å²) in [5, 5.41) is 10.9. The molecule has 0 amide bonds. The molecule has 2 rings (SSSR count). The van der Waals surface area contributed by atoms with Gasteiger partial charge in [-0.15, -0.1) is 0 Å². The zero-order valence-corrected chi connectivity index (χ0v) is 12.7. The van der Waals surface area contributed by atoms with Gasteiger partial charge in [-0.2, -0.15) is 0 Å². The Balaban J connectivity index is 2.51. The van der Waals surface area contributed by atoms with Gasteiger partial charge in [-0.25, -0.2) is 13.2 Å². The van der Waals surface area contributed by atoms with Crippen LogP contribution in [0.2, 0.25) is 0 Å². The average molecular weight is 376 g/mol. The van der Waals surface area contributed by atoms with E-state index in [0.29, 0.717) is 0 Å². The predicted octanol–water partition coefficient (Wildman–Crippen LogP) is 5.53. The minimum atomic E-state index is -2.75. The lowest BCUT2D eigenvalue weighted by molar-refractivity contribution is -0.385. The van der Waals surface area contributed by atoms with Crippen molar-refractivity contribution in [2.45, 2.75) is 13.3 Å². The Morgan fingerprint density at radius 1 is 1.27 bits per heavy atom. The van der Waals surface area contributed by atoms with Crippen molar-refractivity contribution >= 4 is 21.6 Å². The maximum Gasteiger partial charge on any atom is 0.314 e. The van der Waals surface area contributed by atoms with Crippen LogP contribution >= 0.6 is 15.9 Å². The van der Waals surface area contributed by atoms with Gasteiger partial charge < -0.3 is 4.74 Å². The van der Waals surface area contributed by atoms with Gasteiger partial charge in [0.05, 0.1) is 4.92 Å². The quantitative estimate of drug-likeness (QED) is 0.521. The van der Waals surface area contributed by atoms with Gasteiger partial charge in [0.15, 0.2) is 5.82 Å². The van der Waals surface area contributed by atoms with Crippen LogP contribution in [0.25, 0.3) is 0 Å². The van der Waals surface area contributed by atoms with E-state index >= 15 is 0 Å². The summed E-state index contributed by atoms with van der Waals surface area (Å²) in [5.41, 5.74) is -0.786. The molecule has 0 fully saturated rings. The summed E-state index contributed by atoms with van der Waals surface area (Å²) in [6.07, 6.45) is -2.75. The Morgan fingerprint density at radius 3 is 2.55 bits per heavy atom. The van der Waals surface area contributed by atoms with Crippen molar-refractivity contribution in [1.29, 1.82) is 0 Å². The molecule has 0 saturated carbocycles. The third kappa shape index (κ3) is 3.38. The molecule has 0 aromatic heterocycles. The first kappa shape index (κ1) is 16.3. The number of nitro groups is 1. The molecule has 2 aromatic rings. The number of ether oxygens (including phenoxy) is 1.